The summed E-state index contributed by atoms with van der Waals surface area (Å²) < 4.78 is 13.3. The molecule has 0 unspecified atom stereocenters. The number of hydrogen-bond acceptors (Lipinski definition) is 4. The fraction of sp³-hybridized carbons (Fsp3) is 0.450. The second-order valence-corrected chi connectivity index (χ2v) is 7.02. The third kappa shape index (κ3) is 4.64. The van der Waals surface area contributed by atoms with E-state index in [9.17, 15) is 9.18 Å². The van der Waals surface area contributed by atoms with Crippen molar-refractivity contribution in [3.8, 4) is 0 Å². The summed E-state index contributed by atoms with van der Waals surface area (Å²) in [5.41, 5.74) is 1.80. The molecule has 1 aromatic carbocycles. The fourth-order valence-corrected chi connectivity index (χ4v) is 3.41. The van der Waals surface area contributed by atoms with Crippen LogP contribution in [0.4, 0.5) is 4.39 Å². The van der Waals surface area contributed by atoms with Crippen molar-refractivity contribution in [3.63, 3.8) is 0 Å². The minimum absolute atomic E-state index is 0.0582. The molecule has 0 saturated carbocycles. The predicted octanol–water partition coefficient (Wildman–Crippen LogP) is 2.97. The van der Waals surface area contributed by atoms with Crippen LogP contribution < -0.4 is 0 Å². The van der Waals surface area contributed by atoms with Crippen LogP contribution in [0.5, 0.6) is 0 Å². The van der Waals surface area contributed by atoms with Crippen molar-refractivity contribution >= 4 is 5.91 Å². The van der Waals surface area contributed by atoms with E-state index >= 15 is 0 Å². The van der Waals surface area contributed by atoms with Gasteiger partial charge in [0.25, 0.3) is 0 Å². The van der Waals surface area contributed by atoms with Gasteiger partial charge >= 0.3 is 0 Å². The van der Waals surface area contributed by atoms with Gasteiger partial charge in [-0.1, -0.05) is 12.1 Å². The van der Waals surface area contributed by atoms with Crippen molar-refractivity contribution in [1.82, 2.24) is 19.8 Å². The van der Waals surface area contributed by atoms with Crippen molar-refractivity contribution in [2.45, 2.75) is 38.3 Å². The molecule has 1 aliphatic rings. The van der Waals surface area contributed by atoms with E-state index in [0.717, 1.165) is 43.0 Å². The number of hydrogen-bond donors (Lipinski definition) is 0. The first-order valence-corrected chi connectivity index (χ1v) is 9.03. The number of aromatic nitrogens is 2. The minimum atomic E-state index is -0.264. The zero-order valence-corrected chi connectivity index (χ0v) is 15.4. The predicted molar refractivity (Wildman–Crippen MR) is 97.8 cm³/mol. The van der Waals surface area contributed by atoms with Gasteiger partial charge in [0.2, 0.25) is 5.91 Å². The molecule has 0 spiro atoms. The number of halogens is 1. The molecule has 1 saturated heterocycles. The third-order valence-corrected chi connectivity index (χ3v) is 4.60. The van der Waals surface area contributed by atoms with Gasteiger partial charge < -0.3 is 9.80 Å². The van der Waals surface area contributed by atoms with Gasteiger partial charge in [0.15, 0.2) is 5.82 Å². The van der Waals surface area contributed by atoms with Gasteiger partial charge in [-0.3, -0.25) is 4.79 Å². The summed E-state index contributed by atoms with van der Waals surface area (Å²) in [6.07, 6.45) is 4.53. The molecule has 1 aliphatic heterocycles. The van der Waals surface area contributed by atoms with Crippen molar-refractivity contribution in [2.75, 3.05) is 20.6 Å². The van der Waals surface area contributed by atoms with Crippen LogP contribution in [0.25, 0.3) is 0 Å². The highest BCUT2D eigenvalue weighted by Crippen LogP contribution is 2.30. The van der Waals surface area contributed by atoms with Crippen LogP contribution in [0.3, 0.4) is 0 Å². The van der Waals surface area contributed by atoms with Gasteiger partial charge in [-0.15, -0.1) is 0 Å². The zero-order valence-electron chi connectivity index (χ0n) is 15.4. The largest absolute Gasteiger partial charge is 0.332 e. The van der Waals surface area contributed by atoms with Crippen molar-refractivity contribution < 1.29 is 9.18 Å². The second kappa shape index (κ2) is 8.36. The number of amides is 1. The molecule has 1 fully saturated rings. The van der Waals surface area contributed by atoms with E-state index in [4.69, 9.17) is 0 Å². The molecule has 6 heteroatoms. The average molecular weight is 356 g/mol. The maximum absolute atomic E-state index is 13.3. The van der Waals surface area contributed by atoms with Crippen LogP contribution >= 0.6 is 0 Å². The van der Waals surface area contributed by atoms with Crippen molar-refractivity contribution in [1.29, 1.82) is 0 Å². The lowest BCUT2D eigenvalue weighted by atomic mass is 10.1. The average Bonchev–Trinajstić information content (AvgIpc) is 3.09. The lowest BCUT2D eigenvalue weighted by Crippen LogP contribution is -2.31. The first kappa shape index (κ1) is 18.5. The van der Waals surface area contributed by atoms with E-state index in [1.165, 1.54) is 12.1 Å². The van der Waals surface area contributed by atoms with Crippen LogP contribution in [-0.2, 0) is 17.8 Å². The summed E-state index contributed by atoms with van der Waals surface area (Å²) in [5.74, 6) is 0.541. The molecule has 1 aromatic heterocycles. The maximum Gasteiger partial charge on any atom is 0.223 e. The molecule has 26 heavy (non-hydrogen) atoms. The number of rotatable bonds is 6. The third-order valence-electron chi connectivity index (χ3n) is 4.60. The highest BCUT2D eigenvalue weighted by Gasteiger charge is 2.31. The van der Waals surface area contributed by atoms with Gasteiger partial charge in [-0.05, 0) is 57.1 Å². The number of likely N-dealkylation sites (tertiary alicyclic amines) is 1. The molecule has 0 aliphatic carbocycles. The van der Waals surface area contributed by atoms with E-state index in [0.29, 0.717) is 12.8 Å². The zero-order chi connectivity index (χ0) is 18.5. The number of nitrogens with zero attached hydrogens (tertiary/aromatic N) is 4. The highest BCUT2D eigenvalue weighted by atomic mass is 19.1. The molecule has 2 aromatic rings. The molecular formula is C20H25FN4O. The highest BCUT2D eigenvalue weighted by molar-refractivity contribution is 5.77. The summed E-state index contributed by atoms with van der Waals surface area (Å²) in [6.45, 7) is 1.48. The lowest BCUT2D eigenvalue weighted by Gasteiger charge is -2.24. The normalized spacial score (nSPS) is 17.1. The van der Waals surface area contributed by atoms with Gasteiger partial charge in [-0.25, -0.2) is 14.4 Å². The van der Waals surface area contributed by atoms with Crippen LogP contribution in [0.1, 0.15) is 42.4 Å². The van der Waals surface area contributed by atoms with Gasteiger partial charge in [-0.2, -0.15) is 0 Å². The number of carbonyl (C=O) groups is 1. The van der Waals surface area contributed by atoms with E-state index in [1.807, 2.05) is 31.1 Å². The molecule has 0 bridgehead atoms. The monoisotopic (exact) mass is 356 g/mol. The maximum atomic E-state index is 13.3. The number of carbonyl (C=O) groups excluding carboxylic acids is 1. The van der Waals surface area contributed by atoms with E-state index < -0.39 is 0 Å². The van der Waals surface area contributed by atoms with Gasteiger partial charge in [0, 0.05) is 25.7 Å². The Balaban J connectivity index is 1.66. The van der Waals surface area contributed by atoms with E-state index in [-0.39, 0.29) is 17.8 Å². The second-order valence-electron chi connectivity index (χ2n) is 7.02. The number of aryl methyl sites for hydroxylation is 1. The van der Waals surface area contributed by atoms with Crippen molar-refractivity contribution in [2.24, 2.45) is 0 Å². The Kier molecular flexibility index (Phi) is 5.93. The van der Waals surface area contributed by atoms with E-state index in [2.05, 4.69) is 14.9 Å². The molecule has 0 radical (unpaired) electrons. The van der Waals surface area contributed by atoms with Crippen LogP contribution in [-0.4, -0.2) is 46.3 Å². The molecule has 138 valence electrons. The summed E-state index contributed by atoms with van der Waals surface area (Å²) >= 11 is 0. The Morgan fingerprint density at radius 1 is 1.35 bits per heavy atom. The lowest BCUT2D eigenvalue weighted by molar-refractivity contribution is -0.132. The molecule has 3 rings (SSSR count). The molecule has 1 atom stereocenters. The van der Waals surface area contributed by atoms with Crippen LogP contribution in [0, 0.1) is 5.82 Å². The number of benzene rings is 1. The topological polar surface area (TPSA) is 49.3 Å². The van der Waals surface area contributed by atoms with Gasteiger partial charge in [0.1, 0.15) is 5.82 Å². The van der Waals surface area contributed by atoms with Crippen LogP contribution in [0.2, 0.25) is 0 Å². The standard InChI is InChI=1S/C20H25FN4O/c1-24(2)14-17-10-11-22-20(23-17)18-7-4-12-25(18)19(26)9-8-15-5-3-6-16(21)13-15/h3,5-6,10-11,13,18H,4,7-9,12,14H2,1-2H3/t18-/m1/s1. The molecular weight excluding hydrogens is 331 g/mol. The summed E-state index contributed by atoms with van der Waals surface area (Å²) in [7, 11) is 4.00. The molecule has 5 nitrogen and oxygen atoms in total. The SMILES string of the molecule is CN(C)Cc1ccnc([C@H]2CCCN2C(=O)CCc2cccc(F)c2)n1. The Hall–Kier alpha value is -2.34. The minimum Gasteiger partial charge on any atom is -0.332 e. The first-order valence-electron chi connectivity index (χ1n) is 9.03. The summed E-state index contributed by atoms with van der Waals surface area (Å²) in [6, 6.07) is 8.29. The summed E-state index contributed by atoms with van der Waals surface area (Å²) in [4.78, 5) is 25.7. The van der Waals surface area contributed by atoms with Crippen molar-refractivity contribution in [3.05, 3.63) is 59.4 Å². The molecule has 2 heterocycles. The van der Waals surface area contributed by atoms with E-state index in [1.54, 1.807) is 12.3 Å². The Morgan fingerprint density at radius 3 is 2.96 bits per heavy atom. The Morgan fingerprint density at radius 2 is 2.19 bits per heavy atom. The quantitative estimate of drug-likeness (QED) is 0.798. The summed E-state index contributed by atoms with van der Waals surface area (Å²) in [5, 5.41) is 0. The molecule has 1 amide bonds. The smallest absolute Gasteiger partial charge is 0.223 e. The first-order chi connectivity index (χ1) is 12.5. The Labute approximate surface area is 153 Å². The van der Waals surface area contributed by atoms with Gasteiger partial charge in [0.05, 0.1) is 11.7 Å². The molecule has 0 N–H and O–H groups in total. The fourth-order valence-electron chi connectivity index (χ4n) is 3.41. The van der Waals surface area contributed by atoms with Crippen LogP contribution in [0.15, 0.2) is 36.5 Å². The Bertz CT molecular complexity index is 765.